The number of rotatable bonds is 3. The molecule has 5 heteroatoms. The number of carbonyl (C=O) groups excluding carboxylic acids is 1. The summed E-state index contributed by atoms with van der Waals surface area (Å²) in [6.45, 7) is 4.93. The molecule has 0 atom stereocenters. The van der Waals surface area contributed by atoms with Crippen LogP contribution in [0.1, 0.15) is 40.0 Å². The molecular formula is C23H24N2O3. The predicted molar refractivity (Wildman–Crippen MR) is 109 cm³/mol. The largest absolute Gasteiger partial charge is 0.481 e. The number of nitrogens with zero attached hydrogens (tertiary/aromatic N) is 1. The highest BCUT2D eigenvalue weighted by molar-refractivity contribution is 5.99. The third-order valence-corrected chi connectivity index (χ3v) is 5.96. The summed E-state index contributed by atoms with van der Waals surface area (Å²) in [5.74, 6) is -0.886. The fraction of sp³-hybridized carbons (Fsp3) is 0.304. The first-order chi connectivity index (χ1) is 13.4. The highest BCUT2D eigenvalue weighted by Gasteiger charge is 2.44. The van der Waals surface area contributed by atoms with Crippen molar-refractivity contribution < 1.29 is 14.7 Å². The second-order valence-corrected chi connectivity index (χ2v) is 7.77. The van der Waals surface area contributed by atoms with Gasteiger partial charge in [0.05, 0.1) is 5.41 Å². The van der Waals surface area contributed by atoms with Crippen LogP contribution in [0.4, 0.5) is 0 Å². The molecule has 1 amide bonds. The highest BCUT2D eigenvalue weighted by atomic mass is 16.4. The molecule has 0 aliphatic carbocycles. The van der Waals surface area contributed by atoms with E-state index < -0.39 is 11.4 Å². The van der Waals surface area contributed by atoms with Crippen molar-refractivity contribution in [2.75, 3.05) is 13.1 Å². The van der Waals surface area contributed by atoms with E-state index in [-0.39, 0.29) is 5.91 Å². The number of aryl methyl sites for hydroxylation is 2. The Morgan fingerprint density at radius 3 is 2.36 bits per heavy atom. The Balaban J connectivity index is 1.57. The van der Waals surface area contributed by atoms with Crippen molar-refractivity contribution in [3.8, 4) is 0 Å². The number of amides is 1. The van der Waals surface area contributed by atoms with Gasteiger partial charge in [0.25, 0.3) is 5.91 Å². The van der Waals surface area contributed by atoms with Gasteiger partial charge in [0, 0.05) is 24.0 Å². The van der Waals surface area contributed by atoms with Gasteiger partial charge in [-0.15, -0.1) is 0 Å². The van der Waals surface area contributed by atoms with Gasteiger partial charge >= 0.3 is 5.97 Å². The van der Waals surface area contributed by atoms with Gasteiger partial charge in [-0.25, -0.2) is 0 Å². The van der Waals surface area contributed by atoms with Gasteiger partial charge in [-0.05, 0) is 55.5 Å². The molecule has 2 aromatic carbocycles. The molecule has 1 aliphatic heterocycles. The maximum atomic E-state index is 13.0. The van der Waals surface area contributed by atoms with Crippen LogP contribution >= 0.6 is 0 Å². The molecule has 3 aromatic rings. The number of likely N-dealkylation sites (tertiary alicyclic amines) is 1. The number of H-pyrrole nitrogens is 1. The van der Waals surface area contributed by atoms with Crippen LogP contribution in [0.3, 0.4) is 0 Å². The lowest BCUT2D eigenvalue weighted by Gasteiger charge is -2.39. The summed E-state index contributed by atoms with van der Waals surface area (Å²) in [4.78, 5) is 30.1. The van der Waals surface area contributed by atoms with Crippen LogP contribution in [0.15, 0.2) is 48.5 Å². The molecule has 1 aliphatic rings. The van der Waals surface area contributed by atoms with Gasteiger partial charge in [0.2, 0.25) is 0 Å². The lowest BCUT2D eigenvalue weighted by Crippen LogP contribution is -2.49. The molecule has 0 saturated carbocycles. The zero-order valence-corrected chi connectivity index (χ0v) is 16.2. The second-order valence-electron chi connectivity index (χ2n) is 7.77. The van der Waals surface area contributed by atoms with Gasteiger partial charge < -0.3 is 15.0 Å². The number of nitrogens with one attached hydrogen (secondary N) is 1. The van der Waals surface area contributed by atoms with Crippen molar-refractivity contribution >= 4 is 22.8 Å². The summed E-state index contributed by atoms with van der Waals surface area (Å²) in [7, 11) is 0. The van der Waals surface area contributed by atoms with Crippen molar-refractivity contribution in [2.24, 2.45) is 0 Å². The average Bonchev–Trinajstić information content (AvgIpc) is 3.12. The summed E-state index contributed by atoms with van der Waals surface area (Å²) in [6.07, 6.45) is 0.826. The van der Waals surface area contributed by atoms with E-state index >= 15 is 0 Å². The van der Waals surface area contributed by atoms with E-state index in [1.54, 1.807) is 4.90 Å². The van der Waals surface area contributed by atoms with Gasteiger partial charge in [-0.2, -0.15) is 0 Å². The number of benzene rings is 2. The van der Waals surface area contributed by atoms with Crippen molar-refractivity contribution in [2.45, 2.75) is 32.1 Å². The number of hydrogen-bond donors (Lipinski definition) is 2. The van der Waals surface area contributed by atoms with E-state index in [1.807, 2.05) is 56.3 Å². The maximum absolute atomic E-state index is 13.0. The van der Waals surface area contributed by atoms with Crippen LogP contribution in [-0.4, -0.2) is 40.0 Å². The zero-order valence-electron chi connectivity index (χ0n) is 16.2. The Labute approximate surface area is 164 Å². The molecule has 1 saturated heterocycles. The molecule has 28 heavy (non-hydrogen) atoms. The average molecular weight is 376 g/mol. The minimum atomic E-state index is -0.924. The number of carbonyl (C=O) groups is 2. The maximum Gasteiger partial charge on any atom is 0.314 e. The summed E-state index contributed by atoms with van der Waals surface area (Å²) < 4.78 is 0. The Kier molecular flexibility index (Phi) is 4.46. The number of aromatic nitrogens is 1. The molecule has 0 bridgehead atoms. The summed E-state index contributed by atoms with van der Waals surface area (Å²) in [6, 6.07) is 15.4. The smallest absolute Gasteiger partial charge is 0.314 e. The fourth-order valence-electron chi connectivity index (χ4n) is 4.36. The van der Waals surface area contributed by atoms with Gasteiger partial charge in [0.15, 0.2) is 0 Å². The topological polar surface area (TPSA) is 73.4 Å². The Hall–Kier alpha value is -3.08. The van der Waals surface area contributed by atoms with Crippen LogP contribution in [0.5, 0.6) is 0 Å². The first kappa shape index (κ1) is 18.3. The molecule has 2 heterocycles. The molecule has 1 aromatic heterocycles. The number of carboxylic acid groups (broad SMARTS) is 1. The molecule has 1 fully saturated rings. The number of hydrogen-bond acceptors (Lipinski definition) is 2. The highest BCUT2D eigenvalue weighted by Crippen LogP contribution is 2.36. The normalized spacial score (nSPS) is 16.3. The van der Waals surface area contributed by atoms with Crippen molar-refractivity contribution in [1.29, 1.82) is 0 Å². The fourth-order valence-corrected chi connectivity index (χ4v) is 4.36. The summed E-state index contributed by atoms with van der Waals surface area (Å²) in [5, 5.41) is 11.0. The summed E-state index contributed by atoms with van der Waals surface area (Å²) in [5.41, 5.74) is 3.70. The van der Waals surface area contributed by atoms with Gasteiger partial charge in [-0.1, -0.05) is 36.4 Å². The van der Waals surface area contributed by atoms with Crippen LogP contribution in [0.25, 0.3) is 10.9 Å². The molecule has 4 rings (SSSR count). The number of fused-ring (bicyclic) bond motifs is 1. The minimum Gasteiger partial charge on any atom is -0.481 e. The first-order valence-electron chi connectivity index (χ1n) is 9.59. The Morgan fingerprint density at radius 2 is 1.71 bits per heavy atom. The lowest BCUT2D eigenvalue weighted by atomic mass is 9.73. The third-order valence-electron chi connectivity index (χ3n) is 5.96. The minimum absolute atomic E-state index is 0.0692. The SMILES string of the molecule is Cc1cc(C)c2cc(C(=O)N3CCC(C(=O)O)(c4ccccc4)CC3)[nH]c2c1. The number of piperidine rings is 1. The Bertz CT molecular complexity index is 1040. The second kappa shape index (κ2) is 6.82. The number of aliphatic carboxylic acids is 1. The van der Waals surface area contributed by atoms with E-state index in [0.717, 1.165) is 27.6 Å². The molecule has 5 nitrogen and oxygen atoms in total. The Morgan fingerprint density at radius 1 is 1.04 bits per heavy atom. The zero-order chi connectivity index (χ0) is 19.9. The van der Waals surface area contributed by atoms with E-state index in [4.69, 9.17) is 0 Å². The summed E-state index contributed by atoms with van der Waals surface area (Å²) >= 11 is 0. The van der Waals surface area contributed by atoms with Crippen LogP contribution in [0, 0.1) is 13.8 Å². The van der Waals surface area contributed by atoms with E-state index in [2.05, 4.69) is 11.1 Å². The van der Waals surface area contributed by atoms with Gasteiger partial charge in [-0.3, -0.25) is 9.59 Å². The van der Waals surface area contributed by atoms with Crippen LogP contribution in [-0.2, 0) is 10.2 Å². The predicted octanol–water partition coefficient (Wildman–Crippen LogP) is 4.04. The molecular weight excluding hydrogens is 352 g/mol. The molecule has 0 radical (unpaired) electrons. The molecule has 0 unspecified atom stereocenters. The molecule has 2 N–H and O–H groups in total. The first-order valence-corrected chi connectivity index (χ1v) is 9.59. The van der Waals surface area contributed by atoms with Crippen molar-refractivity contribution in [3.05, 3.63) is 70.9 Å². The lowest BCUT2D eigenvalue weighted by molar-refractivity contribution is -0.145. The van der Waals surface area contributed by atoms with Crippen LogP contribution in [0.2, 0.25) is 0 Å². The molecule has 0 spiro atoms. The van der Waals surface area contributed by atoms with E-state index in [1.165, 1.54) is 0 Å². The van der Waals surface area contributed by atoms with E-state index in [9.17, 15) is 14.7 Å². The number of aromatic amines is 1. The van der Waals surface area contributed by atoms with Crippen LogP contribution < -0.4 is 0 Å². The monoisotopic (exact) mass is 376 g/mol. The standard InChI is InChI=1S/C23H24N2O3/c1-15-12-16(2)18-14-20(24-19(18)13-15)21(26)25-10-8-23(9-11-25,22(27)28)17-6-4-3-5-7-17/h3-7,12-14,24H,8-11H2,1-2H3,(H,27,28). The van der Waals surface area contributed by atoms with Gasteiger partial charge in [0.1, 0.15) is 5.69 Å². The quantitative estimate of drug-likeness (QED) is 0.724. The van der Waals surface area contributed by atoms with Crippen molar-refractivity contribution in [3.63, 3.8) is 0 Å². The van der Waals surface area contributed by atoms with Crippen molar-refractivity contribution in [1.82, 2.24) is 9.88 Å². The number of carboxylic acids is 1. The van der Waals surface area contributed by atoms with E-state index in [0.29, 0.717) is 31.6 Å². The molecule has 144 valence electrons. The third kappa shape index (κ3) is 2.97.